The van der Waals surface area contributed by atoms with Crippen LogP contribution in [0, 0.1) is 0 Å². The van der Waals surface area contributed by atoms with E-state index in [-0.39, 0.29) is 0 Å². The van der Waals surface area contributed by atoms with Gasteiger partial charge in [0.15, 0.2) is 0 Å². The number of carbonyl (C=O) groups is 1. The number of fused-ring (bicyclic) bond motifs is 2. The standard InChI is InChI=1S/C14H19N3O2/c1-19-14(18)13-8-11(4-5-15-13)17-12-6-9-2-3-10(7-12)16-9/h4-5,8-10,12,16H,2-3,6-7H2,1H3,(H,15,17). The number of pyridine rings is 1. The summed E-state index contributed by atoms with van der Waals surface area (Å²) < 4.78 is 4.69. The zero-order valence-electron chi connectivity index (χ0n) is 11.1. The van der Waals surface area contributed by atoms with Crippen molar-refractivity contribution in [1.29, 1.82) is 0 Å². The normalized spacial score (nSPS) is 29.0. The first kappa shape index (κ1) is 12.4. The van der Waals surface area contributed by atoms with Crippen molar-refractivity contribution in [2.24, 2.45) is 0 Å². The van der Waals surface area contributed by atoms with Crippen LogP contribution in [0.3, 0.4) is 0 Å². The molecule has 2 bridgehead atoms. The summed E-state index contributed by atoms with van der Waals surface area (Å²) in [5.74, 6) is -0.394. The van der Waals surface area contributed by atoms with Crippen LogP contribution in [-0.4, -0.2) is 36.2 Å². The fourth-order valence-electron chi connectivity index (χ4n) is 3.15. The van der Waals surface area contributed by atoms with Crippen LogP contribution in [0.15, 0.2) is 18.3 Å². The van der Waals surface area contributed by atoms with Crippen LogP contribution in [0.1, 0.15) is 36.2 Å². The van der Waals surface area contributed by atoms with E-state index in [1.807, 2.05) is 6.07 Å². The molecule has 2 N–H and O–H groups in total. The number of nitrogens with zero attached hydrogens (tertiary/aromatic N) is 1. The van der Waals surface area contributed by atoms with Crippen LogP contribution < -0.4 is 10.6 Å². The second-order valence-electron chi connectivity index (χ2n) is 5.37. The number of esters is 1. The minimum absolute atomic E-state index is 0.351. The lowest BCUT2D eigenvalue weighted by molar-refractivity contribution is 0.0594. The molecule has 5 heteroatoms. The highest BCUT2D eigenvalue weighted by Crippen LogP contribution is 2.28. The van der Waals surface area contributed by atoms with Gasteiger partial charge in [-0.15, -0.1) is 0 Å². The molecule has 5 nitrogen and oxygen atoms in total. The molecule has 0 saturated carbocycles. The maximum absolute atomic E-state index is 11.4. The molecule has 0 radical (unpaired) electrons. The number of hydrogen-bond acceptors (Lipinski definition) is 5. The van der Waals surface area contributed by atoms with E-state index < -0.39 is 5.97 Å². The van der Waals surface area contributed by atoms with E-state index in [1.54, 1.807) is 12.3 Å². The first-order valence-corrected chi connectivity index (χ1v) is 6.81. The van der Waals surface area contributed by atoms with Gasteiger partial charge in [0.2, 0.25) is 0 Å². The van der Waals surface area contributed by atoms with E-state index in [9.17, 15) is 4.79 Å². The molecule has 1 aromatic heterocycles. The first-order valence-electron chi connectivity index (χ1n) is 6.81. The number of piperidine rings is 1. The Hall–Kier alpha value is -1.62. The fourth-order valence-corrected chi connectivity index (χ4v) is 3.15. The van der Waals surface area contributed by atoms with Gasteiger partial charge in [0.25, 0.3) is 0 Å². The second kappa shape index (κ2) is 5.17. The van der Waals surface area contributed by atoms with Gasteiger partial charge in [-0.25, -0.2) is 9.78 Å². The third-order valence-electron chi connectivity index (χ3n) is 4.00. The van der Waals surface area contributed by atoms with Crippen molar-refractivity contribution in [3.8, 4) is 0 Å². The zero-order chi connectivity index (χ0) is 13.2. The highest BCUT2D eigenvalue weighted by molar-refractivity contribution is 5.88. The lowest BCUT2D eigenvalue weighted by atomic mass is 9.99. The molecule has 0 amide bonds. The van der Waals surface area contributed by atoms with Crippen LogP contribution in [0.25, 0.3) is 0 Å². The Bertz CT molecular complexity index is 466. The number of nitrogens with one attached hydrogen (secondary N) is 2. The SMILES string of the molecule is COC(=O)c1cc(NC2CC3CCC(C2)N3)ccn1. The first-order chi connectivity index (χ1) is 9.24. The van der Waals surface area contributed by atoms with Crippen LogP contribution in [0.5, 0.6) is 0 Å². The molecule has 3 rings (SSSR count). The monoisotopic (exact) mass is 261 g/mol. The highest BCUT2D eigenvalue weighted by atomic mass is 16.5. The average molecular weight is 261 g/mol. The fraction of sp³-hybridized carbons (Fsp3) is 0.571. The number of methoxy groups -OCH3 is 1. The Morgan fingerprint density at radius 1 is 1.42 bits per heavy atom. The van der Waals surface area contributed by atoms with Gasteiger partial charge >= 0.3 is 5.97 Å². The topological polar surface area (TPSA) is 63.2 Å². The van der Waals surface area contributed by atoms with Crippen LogP contribution in [0.4, 0.5) is 5.69 Å². The summed E-state index contributed by atoms with van der Waals surface area (Å²) in [5, 5.41) is 7.13. The molecule has 1 aromatic rings. The molecule has 0 aromatic carbocycles. The van der Waals surface area contributed by atoms with E-state index >= 15 is 0 Å². The van der Waals surface area contributed by atoms with Gasteiger partial charge in [-0.1, -0.05) is 0 Å². The van der Waals surface area contributed by atoms with E-state index in [2.05, 4.69) is 20.4 Å². The number of rotatable bonds is 3. The quantitative estimate of drug-likeness (QED) is 0.809. The molecule has 2 aliphatic rings. The lowest BCUT2D eigenvalue weighted by Gasteiger charge is -2.30. The molecule has 3 heterocycles. The maximum atomic E-state index is 11.4. The third-order valence-corrected chi connectivity index (χ3v) is 4.00. The molecule has 102 valence electrons. The maximum Gasteiger partial charge on any atom is 0.356 e. The summed E-state index contributed by atoms with van der Waals surface area (Å²) in [4.78, 5) is 15.5. The van der Waals surface area contributed by atoms with Gasteiger partial charge in [-0.2, -0.15) is 0 Å². The molecule has 2 atom stereocenters. The van der Waals surface area contributed by atoms with Gasteiger partial charge < -0.3 is 15.4 Å². The van der Waals surface area contributed by atoms with Crippen molar-refractivity contribution in [2.75, 3.05) is 12.4 Å². The second-order valence-corrected chi connectivity index (χ2v) is 5.37. The van der Waals surface area contributed by atoms with Crippen molar-refractivity contribution < 1.29 is 9.53 Å². The average Bonchev–Trinajstić information content (AvgIpc) is 2.77. The third kappa shape index (κ3) is 2.71. The Morgan fingerprint density at radius 3 is 2.84 bits per heavy atom. The molecule has 2 saturated heterocycles. The minimum atomic E-state index is -0.394. The minimum Gasteiger partial charge on any atom is -0.464 e. The summed E-state index contributed by atoms with van der Waals surface area (Å²) in [6.07, 6.45) is 6.50. The molecule has 2 fully saturated rings. The largest absolute Gasteiger partial charge is 0.464 e. The molecular weight excluding hydrogens is 242 g/mol. The molecular formula is C14H19N3O2. The van der Waals surface area contributed by atoms with E-state index in [0.29, 0.717) is 23.8 Å². The van der Waals surface area contributed by atoms with Gasteiger partial charge in [0.1, 0.15) is 5.69 Å². The Balaban J connectivity index is 1.68. The van der Waals surface area contributed by atoms with E-state index in [4.69, 9.17) is 0 Å². The number of anilines is 1. The van der Waals surface area contributed by atoms with Gasteiger partial charge in [-0.05, 0) is 37.8 Å². The Kier molecular flexibility index (Phi) is 3.38. The van der Waals surface area contributed by atoms with Crippen molar-refractivity contribution >= 4 is 11.7 Å². The summed E-state index contributed by atoms with van der Waals surface area (Å²) in [5.41, 5.74) is 1.30. The lowest BCUT2D eigenvalue weighted by Crippen LogP contribution is -2.43. The van der Waals surface area contributed by atoms with Gasteiger partial charge in [0, 0.05) is 30.0 Å². The zero-order valence-corrected chi connectivity index (χ0v) is 11.1. The van der Waals surface area contributed by atoms with Crippen LogP contribution >= 0.6 is 0 Å². The van der Waals surface area contributed by atoms with Crippen molar-refractivity contribution in [3.05, 3.63) is 24.0 Å². The van der Waals surface area contributed by atoms with Crippen molar-refractivity contribution in [2.45, 2.75) is 43.8 Å². The predicted molar refractivity (Wildman–Crippen MR) is 72.2 cm³/mol. The molecule has 2 aliphatic heterocycles. The molecule has 0 aliphatic carbocycles. The van der Waals surface area contributed by atoms with E-state index in [0.717, 1.165) is 18.5 Å². The number of carbonyl (C=O) groups excluding carboxylic acids is 1. The molecule has 0 spiro atoms. The van der Waals surface area contributed by atoms with Crippen LogP contribution in [0.2, 0.25) is 0 Å². The highest BCUT2D eigenvalue weighted by Gasteiger charge is 2.33. The summed E-state index contributed by atoms with van der Waals surface area (Å²) in [6, 6.07) is 5.44. The van der Waals surface area contributed by atoms with E-state index in [1.165, 1.54) is 20.0 Å². The Labute approximate surface area is 112 Å². The molecule has 19 heavy (non-hydrogen) atoms. The Morgan fingerprint density at radius 2 is 2.16 bits per heavy atom. The van der Waals surface area contributed by atoms with Crippen LogP contribution in [-0.2, 0) is 4.74 Å². The van der Waals surface area contributed by atoms with Gasteiger partial charge in [-0.3, -0.25) is 0 Å². The summed E-state index contributed by atoms with van der Waals surface area (Å²) in [6.45, 7) is 0. The van der Waals surface area contributed by atoms with Crippen molar-refractivity contribution in [3.63, 3.8) is 0 Å². The smallest absolute Gasteiger partial charge is 0.356 e. The number of aromatic nitrogens is 1. The summed E-state index contributed by atoms with van der Waals surface area (Å²) >= 11 is 0. The van der Waals surface area contributed by atoms with Crippen molar-refractivity contribution in [1.82, 2.24) is 10.3 Å². The number of hydrogen-bond donors (Lipinski definition) is 2. The number of ether oxygens (including phenoxy) is 1. The van der Waals surface area contributed by atoms with Gasteiger partial charge in [0.05, 0.1) is 7.11 Å². The summed E-state index contributed by atoms with van der Waals surface area (Å²) in [7, 11) is 1.37. The predicted octanol–water partition coefficient (Wildman–Crippen LogP) is 1.56. The molecule has 2 unspecified atom stereocenters.